The fraction of sp³-hybridized carbons (Fsp3) is 0.333. The SMILES string of the molecule is CCC(=O)On1ccc2cc(OCCCOc3ccc(-c4nc(OC(C)C)cs4)cc3OC)ccc21. The lowest BCUT2D eigenvalue weighted by Crippen LogP contribution is -2.17. The molecule has 4 aromatic rings. The van der Waals surface area contributed by atoms with Crippen LogP contribution in [0.2, 0.25) is 0 Å². The summed E-state index contributed by atoms with van der Waals surface area (Å²) in [6, 6.07) is 13.3. The predicted octanol–water partition coefficient (Wildman–Crippen LogP) is 5.77. The van der Waals surface area contributed by atoms with Gasteiger partial charge in [-0.05, 0) is 56.3 Å². The topological polar surface area (TPSA) is 81.0 Å². The van der Waals surface area contributed by atoms with Crippen molar-refractivity contribution in [2.75, 3.05) is 20.3 Å². The molecule has 0 saturated heterocycles. The minimum absolute atomic E-state index is 0.0798. The molecule has 0 atom stereocenters. The highest BCUT2D eigenvalue weighted by molar-refractivity contribution is 7.13. The van der Waals surface area contributed by atoms with Gasteiger partial charge in [0.05, 0.1) is 37.3 Å². The number of aromatic nitrogens is 2. The first-order chi connectivity index (χ1) is 17.5. The maximum absolute atomic E-state index is 11.6. The number of fused-ring (bicyclic) bond motifs is 1. The molecule has 9 heteroatoms. The minimum Gasteiger partial charge on any atom is -0.493 e. The van der Waals surface area contributed by atoms with Gasteiger partial charge in [-0.25, -0.2) is 9.78 Å². The summed E-state index contributed by atoms with van der Waals surface area (Å²) in [7, 11) is 1.62. The Hall–Kier alpha value is -3.72. The standard InChI is InChI=1S/C27H30N2O6S/c1-5-26(30)35-29-12-11-19-15-21(8-9-22(19)29)32-13-6-14-33-23-10-7-20(16-24(23)31-4)27-28-25(17-36-27)34-18(2)3/h7-12,15-18H,5-6,13-14H2,1-4H3. The molecule has 0 aliphatic rings. The van der Waals surface area contributed by atoms with Gasteiger partial charge in [0.1, 0.15) is 10.8 Å². The Morgan fingerprint density at radius 2 is 1.89 bits per heavy atom. The fourth-order valence-electron chi connectivity index (χ4n) is 3.48. The molecule has 0 unspecified atom stereocenters. The van der Waals surface area contributed by atoms with Crippen LogP contribution in [-0.4, -0.2) is 42.1 Å². The Morgan fingerprint density at radius 3 is 2.67 bits per heavy atom. The van der Waals surface area contributed by atoms with Crippen LogP contribution in [0.4, 0.5) is 0 Å². The average molecular weight is 511 g/mol. The molecule has 0 amide bonds. The van der Waals surface area contributed by atoms with Crippen molar-refractivity contribution in [3.05, 3.63) is 54.0 Å². The van der Waals surface area contributed by atoms with Gasteiger partial charge in [0.2, 0.25) is 5.88 Å². The lowest BCUT2D eigenvalue weighted by molar-refractivity contribution is -0.143. The van der Waals surface area contributed by atoms with Gasteiger partial charge in [-0.2, -0.15) is 4.73 Å². The van der Waals surface area contributed by atoms with Crippen LogP contribution in [0.3, 0.4) is 0 Å². The third kappa shape index (κ3) is 6.28. The van der Waals surface area contributed by atoms with E-state index in [0.29, 0.717) is 43.4 Å². The van der Waals surface area contributed by atoms with Crippen LogP contribution in [0.5, 0.6) is 23.1 Å². The number of thiazole rings is 1. The van der Waals surface area contributed by atoms with Crippen molar-refractivity contribution < 1.29 is 28.6 Å². The highest BCUT2D eigenvalue weighted by Gasteiger charge is 2.12. The van der Waals surface area contributed by atoms with E-state index >= 15 is 0 Å². The maximum Gasteiger partial charge on any atom is 0.332 e. The van der Waals surface area contributed by atoms with Crippen LogP contribution < -0.4 is 23.8 Å². The lowest BCUT2D eigenvalue weighted by atomic mass is 10.2. The van der Waals surface area contributed by atoms with Gasteiger partial charge in [0.15, 0.2) is 11.5 Å². The first-order valence-electron chi connectivity index (χ1n) is 11.8. The summed E-state index contributed by atoms with van der Waals surface area (Å²) in [4.78, 5) is 21.4. The van der Waals surface area contributed by atoms with Gasteiger partial charge < -0.3 is 23.8 Å². The molecule has 8 nitrogen and oxygen atoms in total. The van der Waals surface area contributed by atoms with E-state index in [1.54, 1.807) is 20.2 Å². The maximum atomic E-state index is 11.6. The van der Waals surface area contributed by atoms with Crippen molar-refractivity contribution in [2.24, 2.45) is 0 Å². The molecule has 2 aromatic heterocycles. The second kappa shape index (κ2) is 11.8. The highest BCUT2D eigenvalue weighted by Crippen LogP contribution is 2.35. The molecule has 36 heavy (non-hydrogen) atoms. The molecule has 0 spiro atoms. The predicted molar refractivity (Wildman–Crippen MR) is 139 cm³/mol. The summed E-state index contributed by atoms with van der Waals surface area (Å²) in [5.74, 6) is 2.40. The van der Waals surface area contributed by atoms with Gasteiger partial charge in [-0.3, -0.25) is 0 Å². The van der Waals surface area contributed by atoms with Crippen molar-refractivity contribution in [1.29, 1.82) is 0 Å². The number of ether oxygens (including phenoxy) is 4. The van der Waals surface area contributed by atoms with Gasteiger partial charge in [-0.15, -0.1) is 11.3 Å². The van der Waals surface area contributed by atoms with Gasteiger partial charge in [0.25, 0.3) is 0 Å². The Bertz CT molecular complexity index is 1310. The van der Waals surface area contributed by atoms with Crippen LogP contribution in [0.25, 0.3) is 21.5 Å². The lowest BCUT2D eigenvalue weighted by Gasteiger charge is -2.12. The summed E-state index contributed by atoms with van der Waals surface area (Å²) in [5, 5.41) is 3.70. The molecule has 0 N–H and O–H groups in total. The van der Waals surface area contributed by atoms with E-state index in [-0.39, 0.29) is 12.1 Å². The van der Waals surface area contributed by atoms with Gasteiger partial charge >= 0.3 is 5.97 Å². The molecule has 0 aliphatic heterocycles. The molecule has 0 bridgehead atoms. The monoisotopic (exact) mass is 510 g/mol. The Balaban J connectivity index is 1.28. The summed E-state index contributed by atoms with van der Waals surface area (Å²) in [5.41, 5.74) is 1.75. The molecule has 4 rings (SSSR count). The fourth-order valence-corrected chi connectivity index (χ4v) is 4.20. The van der Waals surface area contributed by atoms with Crippen LogP contribution in [0, 0.1) is 0 Å². The Kier molecular flexibility index (Phi) is 8.32. The van der Waals surface area contributed by atoms with Crippen molar-refractivity contribution in [3.63, 3.8) is 0 Å². The number of hydrogen-bond donors (Lipinski definition) is 0. The van der Waals surface area contributed by atoms with E-state index in [4.69, 9.17) is 23.8 Å². The van der Waals surface area contributed by atoms with Crippen molar-refractivity contribution in [1.82, 2.24) is 9.71 Å². The van der Waals surface area contributed by atoms with Crippen molar-refractivity contribution >= 4 is 28.2 Å². The van der Waals surface area contributed by atoms with E-state index in [1.165, 1.54) is 16.1 Å². The largest absolute Gasteiger partial charge is 0.493 e. The van der Waals surface area contributed by atoms with E-state index in [2.05, 4.69) is 4.98 Å². The number of hydrogen-bond acceptors (Lipinski definition) is 8. The number of rotatable bonds is 12. The molecule has 0 radical (unpaired) electrons. The number of nitrogens with zero attached hydrogens (tertiary/aromatic N) is 2. The van der Waals surface area contributed by atoms with E-state index in [1.807, 2.05) is 61.7 Å². The molecule has 2 aromatic carbocycles. The highest BCUT2D eigenvalue weighted by atomic mass is 32.1. The molecular formula is C27H30N2O6S. The summed E-state index contributed by atoms with van der Waals surface area (Å²) < 4.78 is 24.5. The number of benzene rings is 2. The Labute approximate surface area is 214 Å². The third-order valence-corrected chi connectivity index (χ3v) is 6.05. The zero-order chi connectivity index (χ0) is 25.5. The summed E-state index contributed by atoms with van der Waals surface area (Å²) >= 11 is 1.53. The first-order valence-corrected chi connectivity index (χ1v) is 12.7. The van der Waals surface area contributed by atoms with Crippen molar-refractivity contribution in [2.45, 2.75) is 39.7 Å². The molecule has 0 aliphatic carbocycles. The molecule has 0 saturated carbocycles. The molecular weight excluding hydrogens is 480 g/mol. The van der Waals surface area contributed by atoms with E-state index in [0.717, 1.165) is 27.2 Å². The van der Waals surface area contributed by atoms with E-state index < -0.39 is 0 Å². The van der Waals surface area contributed by atoms with Crippen LogP contribution in [0.1, 0.15) is 33.6 Å². The molecule has 0 fully saturated rings. The minimum atomic E-state index is -0.285. The quantitative estimate of drug-likeness (QED) is 0.224. The number of carbonyl (C=O) groups is 1. The third-order valence-electron chi connectivity index (χ3n) is 5.18. The van der Waals surface area contributed by atoms with E-state index in [9.17, 15) is 4.79 Å². The number of methoxy groups -OCH3 is 1. The van der Waals surface area contributed by atoms with Crippen LogP contribution in [-0.2, 0) is 4.79 Å². The van der Waals surface area contributed by atoms with Crippen LogP contribution in [0.15, 0.2) is 54.0 Å². The number of carbonyl (C=O) groups excluding carboxylic acids is 1. The Morgan fingerprint density at radius 1 is 1.06 bits per heavy atom. The average Bonchev–Trinajstić information content (AvgIpc) is 3.50. The summed E-state index contributed by atoms with van der Waals surface area (Å²) in [6.45, 7) is 6.68. The molecule has 2 heterocycles. The second-order valence-electron chi connectivity index (χ2n) is 8.25. The zero-order valence-corrected chi connectivity index (χ0v) is 21.7. The van der Waals surface area contributed by atoms with Crippen molar-refractivity contribution in [3.8, 4) is 33.7 Å². The second-order valence-corrected chi connectivity index (χ2v) is 9.11. The molecule has 190 valence electrons. The van der Waals surface area contributed by atoms with Gasteiger partial charge in [-0.1, -0.05) is 6.92 Å². The summed E-state index contributed by atoms with van der Waals surface area (Å²) in [6.07, 6.45) is 2.82. The van der Waals surface area contributed by atoms with Gasteiger partial charge in [0, 0.05) is 30.0 Å². The normalized spacial score (nSPS) is 11.0. The first kappa shape index (κ1) is 25.4. The van der Waals surface area contributed by atoms with Crippen LogP contribution >= 0.6 is 11.3 Å². The zero-order valence-electron chi connectivity index (χ0n) is 20.9. The smallest absolute Gasteiger partial charge is 0.332 e.